The lowest BCUT2D eigenvalue weighted by atomic mass is 9.79. The maximum atomic E-state index is 13.0. The Morgan fingerprint density at radius 1 is 1.02 bits per heavy atom. The summed E-state index contributed by atoms with van der Waals surface area (Å²) in [6.07, 6.45) is 3.75. The van der Waals surface area contributed by atoms with Crippen LogP contribution in [-0.4, -0.2) is 73.9 Å². The third kappa shape index (κ3) is 4.85. The minimum absolute atomic E-state index is 0.0541. The fourth-order valence-electron chi connectivity index (χ4n) is 6.97. The maximum absolute atomic E-state index is 13.0. The Morgan fingerprint density at radius 2 is 1.77 bits per heavy atom. The van der Waals surface area contributed by atoms with E-state index in [9.17, 15) is 27.9 Å². The second-order valence-electron chi connectivity index (χ2n) is 11.1. The number of hydrogen-bond acceptors (Lipinski definition) is 5. The van der Waals surface area contributed by atoms with E-state index in [2.05, 4.69) is 15.2 Å². The van der Waals surface area contributed by atoms with E-state index in [4.69, 9.17) is 0 Å². The van der Waals surface area contributed by atoms with Gasteiger partial charge in [0.05, 0.1) is 17.8 Å². The molecule has 3 aliphatic rings. The summed E-state index contributed by atoms with van der Waals surface area (Å²) in [5.74, 6) is -0.926. The molecule has 0 bridgehead atoms. The zero-order valence-corrected chi connectivity index (χ0v) is 22.0. The van der Waals surface area contributed by atoms with Crippen LogP contribution < -0.4 is 5.32 Å². The number of halogens is 3. The molecule has 1 aliphatic carbocycles. The van der Waals surface area contributed by atoms with E-state index < -0.39 is 23.2 Å². The minimum atomic E-state index is -4.55. The normalized spacial score (nSPS) is 27.2. The van der Waals surface area contributed by atoms with Gasteiger partial charge in [-0.25, -0.2) is 4.98 Å². The summed E-state index contributed by atoms with van der Waals surface area (Å²) in [6.45, 7) is 1.20. The van der Waals surface area contributed by atoms with Gasteiger partial charge in [0.2, 0.25) is 5.91 Å². The first kappa shape index (κ1) is 26.8. The average molecular weight is 556 g/mol. The van der Waals surface area contributed by atoms with Crippen LogP contribution in [0.25, 0.3) is 5.65 Å². The first-order valence-electron chi connectivity index (χ1n) is 13.8. The summed E-state index contributed by atoms with van der Waals surface area (Å²) < 4.78 is 40.9. The Kier molecular flexibility index (Phi) is 6.82. The molecule has 2 saturated heterocycles. The molecule has 3 fully saturated rings. The minimum Gasteiger partial charge on any atom is -0.384 e. The van der Waals surface area contributed by atoms with Gasteiger partial charge in [-0.3, -0.25) is 14.5 Å². The van der Waals surface area contributed by atoms with Crippen molar-refractivity contribution in [1.29, 1.82) is 0 Å². The fourth-order valence-corrected chi connectivity index (χ4v) is 6.97. The van der Waals surface area contributed by atoms with Gasteiger partial charge in [-0.15, -0.1) is 0 Å². The standard InChI is InChI=1S/C29H32F3N5O3/c30-29(31,32)20-4-1-3-19(17-20)27(39)34-18-26(38)36-15-10-22-23(36)9-14-35(22)21-7-11-28(40,12-8-21)24-5-2-6-25-33-13-16-37(24)25/h1-6,13,16-17,21-23,40H,7-12,14-15,18H2,(H,34,39)/t21?,22-,23-,28?/m1/s1. The lowest BCUT2D eigenvalue weighted by molar-refractivity contribution is -0.137. The smallest absolute Gasteiger partial charge is 0.384 e. The van der Waals surface area contributed by atoms with E-state index in [1.165, 1.54) is 12.1 Å². The van der Waals surface area contributed by atoms with Crippen molar-refractivity contribution in [2.24, 2.45) is 0 Å². The Hall–Kier alpha value is -3.44. The van der Waals surface area contributed by atoms with E-state index in [1.807, 2.05) is 33.7 Å². The molecule has 2 N–H and O–H groups in total. The van der Waals surface area contributed by atoms with Crippen molar-refractivity contribution >= 4 is 17.5 Å². The molecule has 212 valence electrons. The molecule has 40 heavy (non-hydrogen) atoms. The molecule has 0 spiro atoms. The number of pyridine rings is 1. The summed E-state index contributed by atoms with van der Waals surface area (Å²) in [4.78, 5) is 34.1. The number of fused-ring (bicyclic) bond motifs is 2. The third-order valence-electron chi connectivity index (χ3n) is 8.95. The molecule has 1 saturated carbocycles. The van der Waals surface area contributed by atoms with Crippen LogP contribution in [0.3, 0.4) is 0 Å². The summed E-state index contributed by atoms with van der Waals surface area (Å²) in [6, 6.07) is 10.6. The number of nitrogens with zero attached hydrogens (tertiary/aromatic N) is 4. The Labute approximate surface area is 229 Å². The second-order valence-corrected chi connectivity index (χ2v) is 11.1. The SMILES string of the molecule is O=C(NCC(=O)N1CC[C@@H]2[C@H]1CCN2C1CCC(O)(c2cccc3nccn23)CC1)c1cccc(C(F)(F)F)c1. The van der Waals surface area contributed by atoms with Gasteiger partial charge >= 0.3 is 6.18 Å². The molecule has 6 rings (SSSR count). The first-order valence-corrected chi connectivity index (χ1v) is 13.8. The van der Waals surface area contributed by atoms with Crippen molar-refractivity contribution in [1.82, 2.24) is 24.5 Å². The summed E-state index contributed by atoms with van der Waals surface area (Å²) in [5.41, 5.74) is -0.261. The number of alkyl halides is 3. The molecule has 11 heteroatoms. The monoisotopic (exact) mass is 555 g/mol. The number of benzene rings is 1. The molecule has 8 nitrogen and oxygen atoms in total. The number of nitrogens with one attached hydrogen (secondary N) is 1. The lowest BCUT2D eigenvalue weighted by Crippen LogP contribution is -2.47. The lowest BCUT2D eigenvalue weighted by Gasteiger charge is -2.41. The average Bonchev–Trinajstić information content (AvgIpc) is 3.68. The van der Waals surface area contributed by atoms with Gasteiger partial charge < -0.3 is 19.7 Å². The van der Waals surface area contributed by atoms with Crippen LogP contribution in [-0.2, 0) is 16.6 Å². The molecule has 4 heterocycles. The first-order chi connectivity index (χ1) is 19.1. The molecule has 0 unspecified atom stereocenters. The van der Waals surface area contributed by atoms with Crippen molar-refractivity contribution in [3.63, 3.8) is 0 Å². The van der Waals surface area contributed by atoms with Gasteiger partial charge in [0.25, 0.3) is 5.91 Å². The van der Waals surface area contributed by atoms with Crippen molar-refractivity contribution < 1.29 is 27.9 Å². The largest absolute Gasteiger partial charge is 0.416 e. The third-order valence-corrected chi connectivity index (χ3v) is 8.95. The number of amides is 2. The van der Waals surface area contributed by atoms with Crippen LogP contribution in [0.5, 0.6) is 0 Å². The molecular formula is C29H32F3N5O3. The quantitative estimate of drug-likeness (QED) is 0.503. The highest BCUT2D eigenvalue weighted by Gasteiger charge is 2.48. The number of likely N-dealkylation sites (tertiary alicyclic amines) is 2. The molecule has 2 aliphatic heterocycles. The number of imidazole rings is 1. The van der Waals surface area contributed by atoms with Gasteiger partial charge in [-0.1, -0.05) is 12.1 Å². The van der Waals surface area contributed by atoms with Gasteiger partial charge in [0.15, 0.2) is 0 Å². The summed E-state index contributed by atoms with van der Waals surface area (Å²) in [7, 11) is 0. The second kappa shape index (κ2) is 10.2. The zero-order valence-electron chi connectivity index (χ0n) is 22.0. The fraction of sp³-hybridized carbons (Fsp3) is 0.483. The molecular weight excluding hydrogens is 523 g/mol. The van der Waals surface area contributed by atoms with Crippen molar-refractivity contribution in [2.45, 2.75) is 68.4 Å². The predicted octanol–water partition coefficient (Wildman–Crippen LogP) is 3.59. The van der Waals surface area contributed by atoms with Crippen LogP contribution >= 0.6 is 0 Å². The van der Waals surface area contributed by atoms with Crippen LogP contribution in [0.1, 0.15) is 60.1 Å². The molecule has 3 aromatic rings. The van der Waals surface area contributed by atoms with Crippen molar-refractivity contribution in [3.05, 3.63) is 71.7 Å². The molecule has 2 amide bonds. The van der Waals surface area contributed by atoms with E-state index in [0.717, 1.165) is 55.7 Å². The van der Waals surface area contributed by atoms with Crippen molar-refractivity contribution in [2.75, 3.05) is 19.6 Å². The van der Waals surface area contributed by atoms with E-state index in [1.54, 1.807) is 6.20 Å². The number of hydrogen-bond donors (Lipinski definition) is 2. The van der Waals surface area contributed by atoms with Crippen LogP contribution in [0, 0.1) is 0 Å². The van der Waals surface area contributed by atoms with E-state index in [-0.39, 0.29) is 30.1 Å². The Bertz CT molecular complexity index is 1420. The molecule has 0 radical (unpaired) electrons. The number of rotatable bonds is 5. The van der Waals surface area contributed by atoms with E-state index in [0.29, 0.717) is 25.4 Å². The highest BCUT2D eigenvalue weighted by atomic mass is 19.4. The van der Waals surface area contributed by atoms with Crippen LogP contribution in [0.4, 0.5) is 13.2 Å². The highest BCUT2D eigenvalue weighted by molar-refractivity contribution is 5.96. The Balaban J connectivity index is 1.04. The van der Waals surface area contributed by atoms with Gasteiger partial charge in [0, 0.05) is 49.2 Å². The Morgan fingerprint density at radius 3 is 2.55 bits per heavy atom. The topological polar surface area (TPSA) is 90.2 Å². The van der Waals surface area contributed by atoms with Gasteiger partial charge in [-0.05, 0) is 68.9 Å². The van der Waals surface area contributed by atoms with E-state index >= 15 is 0 Å². The number of aliphatic hydroxyl groups is 1. The number of carbonyl (C=O) groups is 2. The van der Waals surface area contributed by atoms with Crippen LogP contribution in [0.15, 0.2) is 54.9 Å². The number of carbonyl (C=O) groups excluding carboxylic acids is 2. The molecule has 2 aromatic heterocycles. The summed E-state index contributed by atoms with van der Waals surface area (Å²) in [5, 5.41) is 14.1. The predicted molar refractivity (Wildman–Crippen MR) is 140 cm³/mol. The number of aromatic nitrogens is 2. The zero-order chi connectivity index (χ0) is 28.1. The summed E-state index contributed by atoms with van der Waals surface area (Å²) >= 11 is 0. The highest BCUT2D eigenvalue weighted by Crippen LogP contribution is 2.42. The van der Waals surface area contributed by atoms with Gasteiger partial charge in [-0.2, -0.15) is 13.2 Å². The van der Waals surface area contributed by atoms with Gasteiger partial charge in [0.1, 0.15) is 11.2 Å². The molecule has 1 aromatic carbocycles. The maximum Gasteiger partial charge on any atom is 0.416 e. The molecule has 2 atom stereocenters. The van der Waals surface area contributed by atoms with Crippen LogP contribution in [0.2, 0.25) is 0 Å². The van der Waals surface area contributed by atoms with Crippen molar-refractivity contribution in [3.8, 4) is 0 Å².